The summed E-state index contributed by atoms with van der Waals surface area (Å²) in [4.78, 5) is 14.9. The molecule has 1 aliphatic rings. The van der Waals surface area contributed by atoms with Crippen LogP contribution in [-0.4, -0.2) is 52.0 Å². The number of amides is 1. The number of hydrogen-bond donors (Lipinski definition) is 1. The number of nitrogens with zero attached hydrogens (tertiary/aromatic N) is 4. The van der Waals surface area contributed by atoms with Crippen LogP contribution in [0.1, 0.15) is 40.2 Å². The summed E-state index contributed by atoms with van der Waals surface area (Å²) in [5, 5.41) is 11.2. The number of alkyl halides is 3. The van der Waals surface area contributed by atoms with Crippen LogP contribution < -0.4 is 10.1 Å². The quantitative estimate of drug-likeness (QED) is 0.586. The molecule has 1 aromatic heterocycles. The Morgan fingerprint density at radius 2 is 1.88 bits per heavy atom. The van der Waals surface area contributed by atoms with Gasteiger partial charge in [0.2, 0.25) is 0 Å². The summed E-state index contributed by atoms with van der Waals surface area (Å²) in [6.07, 6.45) is -2.94. The summed E-state index contributed by atoms with van der Waals surface area (Å²) in [5.41, 5.74) is 1.61. The van der Waals surface area contributed by atoms with Crippen LogP contribution in [0.2, 0.25) is 0 Å². The maximum absolute atomic E-state index is 12.9. The lowest BCUT2D eigenvalue weighted by Gasteiger charge is -2.32. The van der Waals surface area contributed by atoms with E-state index in [4.69, 9.17) is 4.74 Å². The molecule has 34 heavy (non-hydrogen) atoms. The van der Waals surface area contributed by atoms with E-state index in [9.17, 15) is 18.0 Å². The van der Waals surface area contributed by atoms with E-state index >= 15 is 0 Å². The Morgan fingerprint density at radius 1 is 1.15 bits per heavy atom. The molecule has 10 heteroatoms. The van der Waals surface area contributed by atoms with Gasteiger partial charge in [0.15, 0.2) is 5.69 Å². The van der Waals surface area contributed by atoms with Gasteiger partial charge >= 0.3 is 6.18 Å². The van der Waals surface area contributed by atoms with Gasteiger partial charge in [-0.1, -0.05) is 29.5 Å². The Kier molecular flexibility index (Phi) is 6.87. The molecule has 2 heterocycles. The van der Waals surface area contributed by atoms with Gasteiger partial charge in [-0.15, -0.1) is 5.10 Å². The topological polar surface area (TPSA) is 72.3 Å². The largest absolute Gasteiger partial charge is 0.497 e. The summed E-state index contributed by atoms with van der Waals surface area (Å²) >= 11 is 0. The molecule has 0 unspecified atom stereocenters. The lowest BCUT2D eigenvalue weighted by atomic mass is 10.0. The van der Waals surface area contributed by atoms with E-state index in [1.54, 1.807) is 24.8 Å². The molecule has 1 aliphatic heterocycles. The van der Waals surface area contributed by atoms with Gasteiger partial charge < -0.3 is 10.1 Å². The fourth-order valence-electron chi connectivity index (χ4n) is 4.12. The molecular weight excluding hydrogens is 447 g/mol. The van der Waals surface area contributed by atoms with E-state index < -0.39 is 11.7 Å². The molecule has 1 amide bonds. The van der Waals surface area contributed by atoms with Crippen molar-refractivity contribution in [3.8, 4) is 11.4 Å². The van der Waals surface area contributed by atoms with Crippen molar-refractivity contribution < 1.29 is 22.7 Å². The monoisotopic (exact) mass is 473 g/mol. The Hall–Kier alpha value is -3.40. The van der Waals surface area contributed by atoms with Crippen LogP contribution in [0, 0.1) is 6.92 Å². The summed E-state index contributed by atoms with van der Waals surface area (Å²) in [5.74, 6) is 0.387. The zero-order chi connectivity index (χ0) is 24.3. The number of methoxy groups -OCH3 is 1. The van der Waals surface area contributed by atoms with E-state index in [0.717, 1.165) is 11.8 Å². The second-order valence-corrected chi connectivity index (χ2v) is 8.36. The van der Waals surface area contributed by atoms with Crippen LogP contribution in [-0.2, 0) is 12.7 Å². The molecule has 0 bridgehead atoms. The van der Waals surface area contributed by atoms with Crippen molar-refractivity contribution in [1.29, 1.82) is 0 Å². The minimum Gasteiger partial charge on any atom is -0.497 e. The second kappa shape index (κ2) is 9.84. The van der Waals surface area contributed by atoms with E-state index in [1.165, 1.54) is 12.1 Å². The van der Waals surface area contributed by atoms with Crippen molar-refractivity contribution in [3.63, 3.8) is 0 Å². The summed E-state index contributed by atoms with van der Waals surface area (Å²) < 4.78 is 45.7. The molecule has 2 aromatic carbocycles. The molecule has 1 N–H and O–H groups in total. The van der Waals surface area contributed by atoms with Crippen molar-refractivity contribution in [3.05, 3.63) is 71.0 Å². The number of carbonyl (C=O) groups excluding carboxylic acids is 1. The van der Waals surface area contributed by atoms with Crippen LogP contribution in [0.4, 0.5) is 13.2 Å². The normalized spacial score (nSPS) is 15.3. The zero-order valence-electron chi connectivity index (χ0n) is 19.0. The number of piperidine rings is 1. The average molecular weight is 473 g/mol. The first-order chi connectivity index (χ1) is 16.2. The zero-order valence-corrected chi connectivity index (χ0v) is 19.0. The van der Waals surface area contributed by atoms with Crippen molar-refractivity contribution >= 4 is 5.91 Å². The van der Waals surface area contributed by atoms with Gasteiger partial charge in [0, 0.05) is 31.7 Å². The highest BCUT2D eigenvalue weighted by molar-refractivity contribution is 5.93. The van der Waals surface area contributed by atoms with Gasteiger partial charge in [-0.05, 0) is 43.5 Å². The number of rotatable bonds is 6. The van der Waals surface area contributed by atoms with Crippen LogP contribution in [0.25, 0.3) is 5.69 Å². The number of ether oxygens (including phenoxy) is 1. The van der Waals surface area contributed by atoms with Crippen LogP contribution in [0.3, 0.4) is 0 Å². The minimum atomic E-state index is -4.35. The summed E-state index contributed by atoms with van der Waals surface area (Å²) in [7, 11) is 1.58. The van der Waals surface area contributed by atoms with Gasteiger partial charge in [-0.3, -0.25) is 9.69 Å². The first kappa shape index (κ1) is 23.7. The highest BCUT2D eigenvalue weighted by Crippen LogP contribution is 2.30. The maximum atomic E-state index is 12.9. The molecular formula is C24H26F3N5O2. The van der Waals surface area contributed by atoms with Crippen molar-refractivity contribution in [2.24, 2.45) is 0 Å². The third-order valence-electron chi connectivity index (χ3n) is 5.99. The standard InChI is InChI=1S/C24H26F3N5O2/c1-16-22(29-30-32(16)20-7-4-8-21(14-20)34-2)23(33)28-19-9-11-31(12-10-19)15-17-5-3-6-18(13-17)24(25,26)27/h3-8,13-14,19H,9-12,15H2,1-2H3,(H,28,33). The lowest BCUT2D eigenvalue weighted by Crippen LogP contribution is -2.44. The Labute approximate surface area is 195 Å². The lowest BCUT2D eigenvalue weighted by molar-refractivity contribution is -0.137. The molecule has 0 radical (unpaired) electrons. The van der Waals surface area contributed by atoms with Gasteiger partial charge in [0.1, 0.15) is 5.75 Å². The highest BCUT2D eigenvalue weighted by atomic mass is 19.4. The third kappa shape index (κ3) is 5.39. The van der Waals surface area contributed by atoms with E-state index in [-0.39, 0.29) is 17.6 Å². The van der Waals surface area contributed by atoms with Crippen molar-refractivity contribution in [2.75, 3.05) is 20.2 Å². The number of nitrogens with one attached hydrogen (secondary N) is 1. The molecule has 0 atom stereocenters. The summed E-state index contributed by atoms with van der Waals surface area (Å²) in [6.45, 7) is 3.58. The maximum Gasteiger partial charge on any atom is 0.416 e. The molecule has 0 aliphatic carbocycles. The predicted molar refractivity (Wildman–Crippen MR) is 120 cm³/mol. The second-order valence-electron chi connectivity index (χ2n) is 8.36. The minimum absolute atomic E-state index is 0.0355. The molecule has 7 nitrogen and oxygen atoms in total. The fourth-order valence-corrected chi connectivity index (χ4v) is 4.12. The van der Waals surface area contributed by atoms with Crippen molar-refractivity contribution in [2.45, 2.75) is 38.5 Å². The Balaban J connectivity index is 1.33. The molecule has 1 fully saturated rings. The molecule has 4 rings (SSSR count). The number of likely N-dealkylation sites (tertiary alicyclic amines) is 1. The molecule has 0 saturated carbocycles. The van der Waals surface area contributed by atoms with Crippen LogP contribution in [0.15, 0.2) is 48.5 Å². The number of aromatic nitrogens is 3. The first-order valence-corrected chi connectivity index (χ1v) is 11.0. The van der Waals surface area contributed by atoms with E-state index in [1.807, 2.05) is 24.3 Å². The molecule has 180 valence electrons. The van der Waals surface area contributed by atoms with Crippen molar-refractivity contribution in [1.82, 2.24) is 25.2 Å². The predicted octanol–water partition coefficient (Wildman–Crippen LogP) is 4.00. The number of hydrogen-bond acceptors (Lipinski definition) is 5. The molecule has 3 aromatic rings. The molecule has 1 saturated heterocycles. The van der Waals surface area contributed by atoms with Crippen LogP contribution in [0.5, 0.6) is 5.75 Å². The molecule has 0 spiro atoms. The first-order valence-electron chi connectivity index (χ1n) is 11.0. The fraction of sp³-hybridized carbons (Fsp3) is 0.375. The number of halogens is 3. The van der Waals surface area contributed by atoms with Crippen LogP contribution >= 0.6 is 0 Å². The highest BCUT2D eigenvalue weighted by Gasteiger charge is 2.30. The SMILES string of the molecule is COc1cccc(-n2nnc(C(=O)NC3CCN(Cc4cccc(C(F)(F)F)c4)CC3)c2C)c1. The Bertz CT molecular complexity index is 1150. The smallest absolute Gasteiger partial charge is 0.416 e. The van der Waals surface area contributed by atoms with Gasteiger partial charge in [-0.2, -0.15) is 13.2 Å². The number of carbonyl (C=O) groups is 1. The van der Waals surface area contributed by atoms with Gasteiger partial charge in [0.05, 0.1) is 24.1 Å². The van der Waals surface area contributed by atoms with E-state index in [0.29, 0.717) is 49.5 Å². The number of benzene rings is 2. The van der Waals surface area contributed by atoms with Gasteiger partial charge in [0.25, 0.3) is 5.91 Å². The summed E-state index contributed by atoms with van der Waals surface area (Å²) in [6, 6.07) is 12.7. The Morgan fingerprint density at radius 3 is 2.59 bits per heavy atom. The van der Waals surface area contributed by atoms with E-state index in [2.05, 4.69) is 20.5 Å². The average Bonchev–Trinajstić information content (AvgIpc) is 3.21. The van der Waals surface area contributed by atoms with Gasteiger partial charge in [-0.25, -0.2) is 4.68 Å². The third-order valence-corrected chi connectivity index (χ3v) is 5.99.